The minimum atomic E-state index is -1.13. The zero-order valence-electron chi connectivity index (χ0n) is 13.6. The monoisotopic (exact) mass is 415 g/mol. The summed E-state index contributed by atoms with van der Waals surface area (Å²) in [6, 6.07) is 1.45. The van der Waals surface area contributed by atoms with Crippen molar-refractivity contribution in [3.63, 3.8) is 0 Å². The molecule has 0 N–H and O–H groups in total. The van der Waals surface area contributed by atoms with Crippen LogP contribution >= 0.6 is 21.8 Å². The van der Waals surface area contributed by atoms with E-state index in [1.807, 2.05) is 0 Å². The number of hydrogen-bond donors (Lipinski definition) is 0. The summed E-state index contributed by atoms with van der Waals surface area (Å²) in [4.78, 5) is 0. The van der Waals surface area contributed by atoms with Gasteiger partial charge in [-0.25, -0.2) is 0 Å². The number of hydrogen-bond acceptors (Lipinski definition) is 0. The standard InChI is InChI=1S/C12H32ISi4/c1-11-14(13)12(15(2,3)4,16(5,6)7)17(8,9)10/h11H2,1-10H3. The van der Waals surface area contributed by atoms with Crippen molar-refractivity contribution in [3.8, 4) is 0 Å². The van der Waals surface area contributed by atoms with Crippen molar-refractivity contribution >= 4 is 52.3 Å². The van der Waals surface area contributed by atoms with Crippen molar-refractivity contribution in [1.82, 2.24) is 0 Å². The summed E-state index contributed by atoms with van der Waals surface area (Å²) >= 11 is 2.90. The average Bonchev–Trinajstić information content (AvgIpc) is 1.95. The van der Waals surface area contributed by atoms with Gasteiger partial charge in [0.1, 0.15) is 6.29 Å². The second kappa shape index (κ2) is 5.53. The first-order valence-electron chi connectivity index (χ1n) is 6.75. The third-order valence-corrected chi connectivity index (χ3v) is 44.5. The summed E-state index contributed by atoms with van der Waals surface area (Å²) in [6.45, 7) is 26.3. The third-order valence-electron chi connectivity index (χ3n) is 4.09. The molecule has 1 radical (unpaired) electrons. The molecule has 5 heteroatoms. The lowest BCUT2D eigenvalue weighted by molar-refractivity contribution is 1.20. The fourth-order valence-electron chi connectivity index (χ4n) is 4.86. The molecule has 0 aromatic carbocycles. The van der Waals surface area contributed by atoms with Crippen LogP contribution in [0.5, 0.6) is 0 Å². The van der Waals surface area contributed by atoms with E-state index in [9.17, 15) is 0 Å². The summed E-state index contributed by atoms with van der Waals surface area (Å²) in [5.74, 6) is 0. The van der Waals surface area contributed by atoms with Crippen molar-refractivity contribution in [2.75, 3.05) is 0 Å². The minimum absolute atomic E-state index is 0.243. The molecule has 0 bridgehead atoms. The Labute approximate surface area is 127 Å². The Balaban J connectivity index is 6.13. The van der Waals surface area contributed by atoms with E-state index in [2.05, 4.69) is 87.6 Å². The first-order chi connectivity index (χ1) is 7.23. The van der Waals surface area contributed by atoms with Gasteiger partial charge in [-0.15, -0.1) is 21.8 Å². The van der Waals surface area contributed by atoms with Crippen LogP contribution in [0.4, 0.5) is 0 Å². The van der Waals surface area contributed by atoms with Crippen LogP contribution in [-0.4, -0.2) is 30.5 Å². The Morgan fingerprint density at radius 3 is 1.06 bits per heavy atom. The molecule has 103 valence electrons. The Morgan fingerprint density at radius 2 is 1.00 bits per heavy atom. The van der Waals surface area contributed by atoms with Gasteiger partial charge < -0.3 is 0 Å². The third kappa shape index (κ3) is 3.20. The van der Waals surface area contributed by atoms with E-state index in [1.54, 1.807) is 0 Å². The molecular formula is C12H32ISi4. The van der Waals surface area contributed by atoms with Gasteiger partial charge in [0, 0.05) is 24.2 Å². The Kier molecular flexibility index (Phi) is 6.05. The first-order valence-corrected chi connectivity index (χ1v) is 22.1. The maximum absolute atomic E-state index is 2.90. The van der Waals surface area contributed by atoms with E-state index in [4.69, 9.17) is 0 Å². The van der Waals surface area contributed by atoms with E-state index in [0.717, 1.165) is 3.91 Å². The summed E-state index contributed by atoms with van der Waals surface area (Å²) < 4.78 is 0.826. The maximum Gasteiger partial charge on any atom is 0.127 e. The van der Waals surface area contributed by atoms with Crippen LogP contribution in [0.1, 0.15) is 6.92 Å². The Bertz CT molecular complexity index is 221. The largest absolute Gasteiger partial charge is 0.127 e. The van der Waals surface area contributed by atoms with Gasteiger partial charge in [0.15, 0.2) is 0 Å². The lowest BCUT2D eigenvalue weighted by Crippen LogP contribution is -2.70. The van der Waals surface area contributed by atoms with Gasteiger partial charge in [0.25, 0.3) is 0 Å². The maximum atomic E-state index is 2.90. The lowest BCUT2D eigenvalue weighted by atomic mass is 11.0. The summed E-state index contributed by atoms with van der Waals surface area (Å²) in [6.07, 6.45) is -0.243. The molecule has 0 aliphatic carbocycles. The van der Waals surface area contributed by atoms with E-state index in [1.165, 1.54) is 6.04 Å². The normalized spacial score (nSPS) is 15.5. The Morgan fingerprint density at radius 1 is 0.765 bits per heavy atom. The van der Waals surface area contributed by atoms with Crippen LogP contribution in [0.3, 0.4) is 0 Å². The molecule has 0 aliphatic rings. The van der Waals surface area contributed by atoms with E-state index < -0.39 is 24.2 Å². The van der Waals surface area contributed by atoms with E-state index in [-0.39, 0.29) is 6.29 Å². The minimum Gasteiger partial charge on any atom is -0.121 e. The first kappa shape index (κ1) is 18.6. The van der Waals surface area contributed by atoms with Gasteiger partial charge in [0.05, 0.1) is 0 Å². The molecule has 0 fully saturated rings. The van der Waals surface area contributed by atoms with Crippen molar-refractivity contribution in [3.05, 3.63) is 0 Å². The predicted molar refractivity (Wildman–Crippen MR) is 103 cm³/mol. The zero-order valence-corrected chi connectivity index (χ0v) is 19.7. The molecule has 0 heterocycles. The molecule has 0 saturated heterocycles. The number of rotatable bonds is 5. The highest BCUT2D eigenvalue weighted by Crippen LogP contribution is 2.57. The molecule has 0 rings (SSSR count). The van der Waals surface area contributed by atoms with Gasteiger partial charge in [-0.1, -0.05) is 71.9 Å². The second-order valence-corrected chi connectivity index (χ2v) is 33.2. The fourth-order valence-corrected chi connectivity index (χ4v) is 65.6. The molecule has 17 heavy (non-hydrogen) atoms. The van der Waals surface area contributed by atoms with Crippen molar-refractivity contribution in [2.45, 2.75) is 75.8 Å². The fraction of sp³-hybridized carbons (Fsp3) is 1.00. The topological polar surface area (TPSA) is 0 Å². The molecule has 0 aromatic heterocycles. The zero-order chi connectivity index (χ0) is 14.3. The number of halogens is 1. The molecule has 0 amide bonds. The van der Waals surface area contributed by atoms with Crippen LogP contribution in [0, 0.1) is 0 Å². The molecule has 0 aliphatic heterocycles. The van der Waals surface area contributed by atoms with Crippen LogP contribution in [0.15, 0.2) is 0 Å². The summed E-state index contributed by atoms with van der Waals surface area (Å²) in [5, 5.41) is 0. The van der Waals surface area contributed by atoms with Gasteiger partial charge in [-0.05, 0) is 3.91 Å². The lowest BCUT2D eigenvalue weighted by Gasteiger charge is -2.61. The highest BCUT2D eigenvalue weighted by Gasteiger charge is 2.62. The van der Waals surface area contributed by atoms with Gasteiger partial charge in [-0.3, -0.25) is 0 Å². The van der Waals surface area contributed by atoms with Crippen molar-refractivity contribution in [2.24, 2.45) is 0 Å². The second-order valence-electron chi connectivity index (χ2n) is 8.26. The molecule has 0 aromatic rings. The van der Waals surface area contributed by atoms with E-state index >= 15 is 0 Å². The van der Waals surface area contributed by atoms with E-state index in [0.29, 0.717) is 0 Å². The molecule has 0 saturated carbocycles. The molecule has 0 spiro atoms. The Hall–Kier alpha value is 1.60. The quantitative estimate of drug-likeness (QED) is 0.302. The molecule has 0 nitrogen and oxygen atoms in total. The van der Waals surface area contributed by atoms with Crippen molar-refractivity contribution in [1.29, 1.82) is 0 Å². The average molecular weight is 416 g/mol. The van der Waals surface area contributed by atoms with Gasteiger partial charge >= 0.3 is 0 Å². The summed E-state index contributed by atoms with van der Waals surface area (Å²) in [5.41, 5.74) is 0. The highest BCUT2D eigenvalue weighted by atomic mass is 127. The van der Waals surface area contributed by atoms with Crippen LogP contribution in [-0.2, 0) is 0 Å². The SMILES string of the molecule is CC[Si](I)C([Si](C)(C)C)([Si](C)(C)C)[Si](C)(C)C. The van der Waals surface area contributed by atoms with Gasteiger partial charge in [-0.2, -0.15) is 0 Å². The van der Waals surface area contributed by atoms with Crippen LogP contribution in [0.2, 0.25) is 68.9 Å². The van der Waals surface area contributed by atoms with Crippen molar-refractivity contribution < 1.29 is 0 Å². The predicted octanol–water partition coefficient (Wildman–Crippen LogP) is 5.81. The molecule has 0 atom stereocenters. The van der Waals surface area contributed by atoms with Crippen LogP contribution in [0.25, 0.3) is 0 Å². The van der Waals surface area contributed by atoms with Gasteiger partial charge in [0.2, 0.25) is 0 Å². The summed E-state index contributed by atoms with van der Waals surface area (Å²) in [7, 11) is -3.39. The molecular weight excluding hydrogens is 383 g/mol. The van der Waals surface area contributed by atoms with Crippen LogP contribution < -0.4 is 0 Å². The molecule has 0 unspecified atom stereocenters. The highest BCUT2D eigenvalue weighted by molar-refractivity contribution is 14.1. The smallest absolute Gasteiger partial charge is 0.121 e.